The van der Waals surface area contributed by atoms with Crippen LogP contribution in [0.4, 0.5) is 0 Å². The Hall–Kier alpha value is -4.90. The maximum Gasteiger partial charge on any atom is 0.344 e. The van der Waals surface area contributed by atoms with Gasteiger partial charge in [-0.3, -0.25) is 9.36 Å². The van der Waals surface area contributed by atoms with Gasteiger partial charge in [0.25, 0.3) is 5.56 Å². The highest BCUT2D eigenvalue weighted by Gasteiger charge is 2.34. The smallest absolute Gasteiger partial charge is 0.344 e. The Balaban J connectivity index is 1.66. The van der Waals surface area contributed by atoms with E-state index in [0.29, 0.717) is 32.1 Å². The molecule has 2 heterocycles. The van der Waals surface area contributed by atoms with E-state index in [0.717, 1.165) is 22.1 Å². The number of aromatic nitrogens is 1. The summed E-state index contributed by atoms with van der Waals surface area (Å²) in [6.07, 6.45) is 1.83. The number of nitrogens with zero attached hydrogens (tertiary/aromatic N) is 2. The van der Waals surface area contributed by atoms with E-state index >= 15 is 0 Å². The van der Waals surface area contributed by atoms with Crippen molar-refractivity contribution >= 4 is 40.1 Å². The second kappa shape index (κ2) is 13.2. The van der Waals surface area contributed by atoms with Gasteiger partial charge in [-0.15, -0.1) is 0 Å². The van der Waals surface area contributed by atoms with E-state index in [9.17, 15) is 14.4 Å². The first-order valence-corrected chi connectivity index (χ1v) is 14.8. The second-order valence-electron chi connectivity index (χ2n) is 9.71. The van der Waals surface area contributed by atoms with Crippen LogP contribution in [0.1, 0.15) is 37.9 Å². The van der Waals surface area contributed by atoms with Crippen LogP contribution in [-0.2, 0) is 19.1 Å². The molecule has 0 radical (unpaired) electrons. The molecule has 0 aliphatic carbocycles. The molecule has 0 bridgehead atoms. The van der Waals surface area contributed by atoms with E-state index in [-0.39, 0.29) is 31.0 Å². The molecule has 1 aromatic heterocycles. The number of fused-ring (bicyclic) bond motifs is 2. The van der Waals surface area contributed by atoms with Crippen LogP contribution in [0.15, 0.2) is 75.7 Å². The Labute approximate surface area is 257 Å². The van der Waals surface area contributed by atoms with Crippen LogP contribution in [0.5, 0.6) is 17.2 Å². The van der Waals surface area contributed by atoms with E-state index < -0.39 is 18.0 Å². The van der Waals surface area contributed by atoms with Crippen LogP contribution >= 0.6 is 11.3 Å². The normalized spacial score (nSPS) is 14.6. The van der Waals surface area contributed by atoms with E-state index in [1.165, 1.54) is 23.0 Å². The predicted octanol–water partition coefficient (Wildman–Crippen LogP) is 3.91. The zero-order valence-electron chi connectivity index (χ0n) is 25.0. The van der Waals surface area contributed by atoms with Crippen molar-refractivity contribution in [2.24, 2.45) is 4.99 Å². The molecule has 1 unspecified atom stereocenters. The van der Waals surface area contributed by atoms with E-state index in [1.807, 2.05) is 42.5 Å². The average Bonchev–Trinajstić information content (AvgIpc) is 3.33. The molecule has 3 aromatic carbocycles. The number of carbonyl (C=O) groups is 2. The molecule has 10 nitrogen and oxygen atoms in total. The summed E-state index contributed by atoms with van der Waals surface area (Å²) in [6, 6.07) is 15.8. The van der Waals surface area contributed by atoms with Gasteiger partial charge in [-0.05, 0) is 61.6 Å². The minimum absolute atomic E-state index is 0.154. The molecule has 0 amide bonds. The highest BCUT2D eigenvalue weighted by Crippen LogP contribution is 2.36. The Morgan fingerprint density at radius 2 is 1.64 bits per heavy atom. The van der Waals surface area contributed by atoms with Gasteiger partial charge in [-0.25, -0.2) is 14.6 Å². The summed E-state index contributed by atoms with van der Waals surface area (Å²) >= 11 is 1.24. The summed E-state index contributed by atoms with van der Waals surface area (Å²) in [5.41, 5.74) is 1.79. The molecule has 0 saturated heterocycles. The lowest BCUT2D eigenvalue weighted by Gasteiger charge is -2.25. The Morgan fingerprint density at radius 3 is 2.34 bits per heavy atom. The molecule has 0 N–H and O–H groups in total. The standard InChI is InChI=1S/C33H32N2O8S/c1-6-41-28(36)18-43-25-15-13-21(16-26(25)40-5)30-29(32(38)42-7-2)19(3)34-33-35(30)31(37)27(44-33)17-20-12-14-24(39-4)23-11-9-8-10-22(20)23/h8-17,30H,6-7,18H2,1-5H3/b27-17-. The molecule has 5 rings (SSSR count). The molecule has 0 fully saturated rings. The van der Waals surface area contributed by atoms with Gasteiger partial charge in [0.15, 0.2) is 22.9 Å². The molecule has 44 heavy (non-hydrogen) atoms. The third-order valence-electron chi connectivity index (χ3n) is 7.10. The fourth-order valence-corrected chi connectivity index (χ4v) is 6.20. The zero-order chi connectivity index (χ0) is 31.4. The number of ether oxygens (including phenoxy) is 5. The highest BCUT2D eigenvalue weighted by atomic mass is 32.1. The van der Waals surface area contributed by atoms with Crippen LogP contribution < -0.4 is 29.1 Å². The number of allylic oxidation sites excluding steroid dienone is 1. The van der Waals surface area contributed by atoms with Gasteiger partial charge in [0.2, 0.25) is 0 Å². The topological polar surface area (TPSA) is 115 Å². The van der Waals surface area contributed by atoms with Crippen molar-refractivity contribution in [1.82, 2.24) is 4.57 Å². The molecular weight excluding hydrogens is 584 g/mol. The third kappa shape index (κ3) is 5.83. The van der Waals surface area contributed by atoms with Crippen molar-refractivity contribution in [1.29, 1.82) is 0 Å². The Morgan fingerprint density at radius 1 is 0.932 bits per heavy atom. The van der Waals surface area contributed by atoms with Crippen LogP contribution in [-0.4, -0.2) is 50.5 Å². The van der Waals surface area contributed by atoms with Crippen molar-refractivity contribution in [2.45, 2.75) is 26.8 Å². The van der Waals surface area contributed by atoms with Gasteiger partial charge in [0.05, 0.1) is 49.3 Å². The number of esters is 2. The first kappa shape index (κ1) is 30.6. The van der Waals surface area contributed by atoms with Gasteiger partial charge in [-0.1, -0.05) is 47.7 Å². The largest absolute Gasteiger partial charge is 0.496 e. The molecule has 228 valence electrons. The Bertz CT molecular complexity index is 1960. The van der Waals surface area contributed by atoms with E-state index in [2.05, 4.69) is 4.99 Å². The minimum atomic E-state index is -0.854. The molecule has 4 aromatic rings. The molecular formula is C33H32N2O8S. The SMILES string of the molecule is CCOC(=O)COc1ccc(C2C(C(=O)OCC)=C(C)N=c3s/c(=C\c4ccc(OC)c5ccccc45)c(=O)n32)cc1OC. The first-order valence-electron chi connectivity index (χ1n) is 14.0. The lowest BCUT2D eigenvalue weighted by Crippen LogP contribution is -2.40. The van der Waals surface area contributed by atoms with Gasteiger partial charge in [0.1, 0.15) is 5.75 Å². The molecule has 1 atom stereocenters. The number of hydrogen-bond donors (Lipinski definition) is 0. The van der Waals surface area contributed by atoms with Crippen molar-refractivity contribution < 1.29 is 33.3 Å². The summed E-state index contributed by atoms with van der Waals surface area (Å²) in [5.74, 6) is 0.268. The number of methoxy groups -OCH3 is 2. The summed E-state index contributed by atoms with van der Waals surface area (Å²) in [7, 11) is 3.09. The number of carbonyl (C=O) groups excluding carboxylic acids is 2. The summed E-state index contributed by atoms with van der Waals surface area (Å²) in [5, 5.41) is 1.85. The maximum absolute atomic E-state index is 14.1. The second-order valence-corrected chi connectivity index (χ2v) is 10.7. The van der Waals surface area contributed by atoms with Crippen LogP contribution in [0.2, 0.25) is 0 Å². The summed E-state index contributed by atoms with van der Waals surface area (Å²) in [4.78, 5) is 44.4. The van der Waals surface area contributed by atoms with Crippen LogP contribution in [0, 0.1) is 0 Å². The Kier molecular flexibility index (Phi) is 9.15. The lowest BCUT2D eigenvalue weighted by molar-refractivity contribution is -0.145. The zero-order valence-corrected chi connectivity index (χ0v) is 25.9. The summed E-state index contributed by atoms with van der Waals surface area (Å²) in [6.45, 7) is 5.24. The van der Waals surface area contributed by atoms with Crippen LogP contribution in [0.25, 0.3) is 16.8 Å². The summed E-state index contributed by atoms with van der Waals surface area (Å²) < 4.78 is 29.0. The third-order valence-corrected chi connectivity index (χ3v) is 8.08. The monoisotopic (exact) mass is 616 g/mol. The number of hydrogen-bond acceptors (Lipinski definition) is 10. The van der Waals surface area contributed by atoms with Crippen molar-refractivity contribution in [2.75, 3.05) is 34.0 Å². The molecule has 11 heteroatoms. The quantitative estimate of drug-likeness (QED) is 0.247. The molecule has 0 spiro atoms. The van der Waals surface area contributed by atoms with Crippen molar-refractivity contribution in [3.8, 4) is 17.2 Å². The number of thiazole rings is 1. The molecule has 1 aliphatic rings. The lowest BCUT2D eigenvalue weighted by atomic mass is 9.95. The minimum Gasteiger partial charge on any atom is -0.496 e. The van der Waals surface area contributed by atoms with Crippen molar-refractivity contribution in [3.63, 3.8) is 0 Å². The van der Waals surface area contributed by atoms with E-state index in [4.69, 9.17) is 23.7 Å². The van der Waals surface area contributed by atoms with Gasteiger partial charge >= 0.3 is 11.9 Å². The molecule has 1 aliphatic heterocycles. The van der Waals surface area contributed by atoms with Crippen LogP contribution in [0.3, 0.4) is 0 Å². The van der Waals surface area contributed by atoms with Gasteiger partial charge in [0, 0.05) is 5.39 Å². The average molecular weight is 617 g/mol. The predicted molar refractivity (Wildman–Crippen MR) is 166 cm³/mol. The first-order chi connectivity index (χ1) is 21.3. The highest BCUT2D eigenvalue weighted by molar-refractivity contribution is 7.07. The number of benzene rings is 3. The fraction of sp³-hybridized carbons (Fsp3) is 0.273. The molecule has 0 saturated carbocycles. The number of rotatable bonds is 10. The van der Waals surface area contributed by atoms with E-state index in [1.54, 1.807) is 46.1 Å². The maximum atomic E-state index is 14.1. The van der Waals surface area contributed by atoms with Crippen molar-refractivity contribution in [3.05, 3.63) is 96.7 Å². The fourth-order valence-electron chi connectivity index (χ4n) is 5.16. The van der Waals surface area contributed by atoms with Gasteiger partial charge < -0.3 is 23.7 Å². The van der Waals surface area contributed by atoms with Gasteiger partial charge in [-0.2, -0.15) is 0 Å².